The van der Waals surface area contributed by atoms with Gasteiger partial charge < -0.3 is 4.98 Å². The maximum atomic E-state index is 3.29. The molecule has 5 heteroatoms. The van der Waals surface area contributed by atoms with Gasteiger partial charge in [-0.25, -0.2) is 0 Å². The number of thiophene rings is 3. The number of hydrogen-bond acceptors (Lipinski definition) is 3. The van der Waals surface area contributed by atoms with Gasteiger partial charge in [-0.3, -0.25) is 0 Å². The van der Waals surface area contributed by atoms with Crippen LogP contribution in [0.5, 0.6) is 0 Å². The second-order valence-corrected chi connectivity index (χ2v) is 22.3. The third-order valence-electron chi connectivity index (χ3n) is 11.0. The molecule has 1 fully saturated rings. The van der Waals surface area contributed by atoms with E-state index in [1.54, 1.807) is 0 Å². The van der Waals surface area contributed by atoms with Crippen molar-refractivity contribution in [3.63, 3.8) is 0 Å². The van der Waals surface area contributed by atoms with Crippen LogP contribution in [0.2, 0.25) is 0 Å². The van der Waals surface area contributed by atoms with Gasteiger partial charge in [0.25, 0.3) is 0 Å². The molecule has 0 spiro atoms. The number of H-pyrrole nitrogens is 1. The molecule has 0 bridgehead atoms. The zero-order chi connectivity index (χ0) is 42.2. The average molecular weight is 821 g/mol. The van der Waals surface area contributed by atoms with Gasteiger partial charge in [-0.2, -0.15) is 0 Å². The van der Waals surface area contributed by atoms with E-state index < -0.39 is 0 Å². The number of hydrogen-bond donors (Lipinski definition) is 1. The second-order valence-electron chi connectivity index (χ2n) is 19.3. The molecule has 0 amide bonds. The maximum Gasteiger partial charge on any atom is 0.0176 e. The van der Waals surface area contributed by atoms with Crippen molar-refractivity contribution >= 4 is 42.4 Å². The van der Waals surface area contributed by atoms with E-state index in [0.29, 0.717) is 47.3 Å². The lowest BCUT2D eigenvalue weighted by Crippen LogP contribution is -2.07. The first-order valence-corrected chi connectivity index (χ1v) is 24.6. The van der Waals surface area contributed by atoms with Gasteiger partial charge in [0.2, 0.25) is 0 Å². The van der Waals surface area contributed by atoms with Crippen LogP contribution in [0.4, 0.5) is 0 Å². The highest BCUT2D eigenvalue weighted by Gasteiger charge is 2.28. The average Bonchev–Trinajstić information content (AvgIpc) is 3.95. The van der Waals surface area contributed by atoms with Crippen molar-refractivity contribution in [3.8, 4) is 0 Å². The molecule has 0 saturated heterocycles. The third kappa shape index (κ3) is 19.9. The molecule has 1 aliphatic carbocycles. The summed E-state index contributed by atoms with van der Waals surface area (Å²) in [5, 5.41) is 4.56. The molecule has 1 aliphatic rings. The highest BCUT2D eigenvalue weighted by Crippen LogP contribution is 2.39. The Morgan fingerprint density at radius 2 is 0.804 bits per heavy atom. The molecule has 4 aromatic rings. The number of aromatic nitrogens is 1. The Kier molecular flexibility index (Phi) is 26.5. The van der Waals surface area contributed by atoms with E-state index >= 15 is 0 Å². The number of aromatic amines is 1. The summed E-state index contributed by atoms with van der Waals surface area (Å²) in [4.78, 5) is 9.32. The first kappa shape index (κ1) is 54.4. The minimum absolute atomic E-state index is 0. The molecule has 2 atom stereocenters. The van der Waals surface area contributed by atoms with Gasteiger partial charge >= 0.3 is 0 Å². The fourth-order valence-corrected chi connectivity index (χ4v) is 9.49. The van der Waals surface area contributed by atoms with Crippen LogP contribution in [-0.4, -0.2) is 13.4 Å². The Hall–Kier alpha value is -1.56. The minimum atomic E-state index is 0. The predicted octanol–water partition coefficient (Wildman–Crippen LogP) is 18.6. The summed E-state index contributed by atoms with van der Waals surface area (Å²) in [6.07, 6.45) is 6.58. The van der Waals surface area contributed by atoms with Crippen molar-refractivity contribution in [1.29, 1.82) is 0 Å². The van der Waals surface area contributed by atoms with E-state index in [-0.39, 0.29) is 8.41 Å². The molecule has 4 aromatic heterocycles. The summed E-state index contributed by atoms with van der Waals surface area (Å²) in [7, 11) is 0. The van der Waals surface area contributed by atoms with Gasteiger partial charge in [0.1, 0.15) is 0 Å². The Morgan fingerprint density at radius 1 is 0.446 bits per heavy atom. The summed E-state index contributed by atoms with van der Waals surface area (Å²) in [5.41, 5.74) is 5.72. The Bertz CT molecular complexity index is 1230. The lowest BCUT2D eigenvalue weighted by atomic mass is 9.89. The van der Waals surface area contributed by atoms with Crippen molar-refractivity contribution in [1.82, 2.24) is 4.98 Å². The van der Waals surface area contributed by atoms with Crippen LogP contribution < -0.4 is 0 Å². The standard InChI is InChI=1S/C11H22.C10H17N.3C10H16S.B/c1-8(2)10-5-6-11(7-10)9(3)4;3*1-7(2)9-5-10(8(3)4)11-6-9;1-7(2)9-5-6-10(11-9)8(3)4;/h8-11H,5-7H2,1-4H3;5-8,11H,1-4H3;3*5-8H,1-4H3;. The summed E-state index contributed by atoms with van der Waals surface area (Å²) >= 11 is 5.72. The highest BCUT2D eigenvalue weighted by molar-refractivity contribution is 7.12. The Morgan fingerprint density at radius 3 is 0.982 bits per heavy atom. The van der Waals surface area contributed by atoms with Crippen molar-refractivity contribution in [2.75, 3.05) is 0 Å². The smallest absolute Gasteiger partial charge is 0.0176 e. The van der Waals surface area contributed by atoms with Crippen LogP contribution in [0.3, 0.4) is 0 Å². The molecule has 317 valence electrons. The van der Waals surface area contributed by atoms with Crippen molar-refractivity contribution in [2.24, 2.45) is 23.7 Å². The van der Waals surface area contributed by atoms with Crippen molar-refractivity contribution < 1.29 is 0 Å². The fourth-order valence-electron chi connectivity index (χ4n) is 6.30. The maximum absolute atomic E-state index is 3.29. The van der Waals surface area contributed by atoms with E-state index in [2.05, 4.69) is 191 Å². The lowest BCUT2D eigenvalue weighted by Gasteiger charge is -2.16. The zero-order valence-corrected chi connectivity index (χ0v) is 42.4. The Balaban J connectivity index is 0.000000672. The largest absolute Gasteiger partial charge is 0.364 e. The molecule has 1 saturated carbocycles. The summed E-state index contributed by atoms with van der Waals surface area (Å²) in [6.45, 7) is 45.3. The molecular formula is C51H87BNS3. The lowest BCUT2D eigenvalue weighted by molar-refractivity contribution is 0.340. The van der Waals surface area contributed by atoms with Crippen LogP contribution in [0.1, 0.15) is 247 Å². The van der Waals surface area contributed by atoms with Gasteiger partial charge in [-0.15, -0.1) is 34.0 Å². The molecule has 2 unspecified atom stereocenters. The second kappa shape index (κ2) is 27.3. The van der Waals surface area contributed by atoms with Gasteiger partial charge in [0.05, 0.1) is 0 Å². The SMILES string of the molecule is CC(C)C1CCC(C(C)C)C1.CC(C)c1c[nH]c(C(C)C)c1.CC(C)c1ccc(C(C)C)s1.CC(C)c1csc(C(C)C)c1.CC(C)c1csc(C(C)C)c1.[B]. The highest BCUT2D eigenvalue weighted by atomic mass is 32.1. The van der Waals surface area contributed by atoms with Crippen molar-refractivity contribution in [3.05, 3.63) is 89.2 Å². The van der Waals surface area contributed by atoms with E-state index in [4.69, 9.17) is 0 Å². The number of nitrogens with one attached hydrogen (secondary N) is 1. The van der Waals surface area contributed by atoms with E-state index in [0.717, 1.165) is 23.7 Å². The van der Waals surface area contributed by atoms with Crippen LogP contribution in [-0.2, 0) is 0 Å². The molecule has 0 aromatic carbocycles. The van der Waals surface area contributed by atoms with Gasteiger partial charge in [0.15, 0.2) is 0 Å². The van der Waals surface area contributed by atoms with Crippen LogP contribution in [0.15, 0.2) is 47.3 Å². The third-order valence-corrected chi connectivity index (χ3v) is 15.1. The first-order valence-electron chi connectivity index (χ1n) is 22.0. The molecule has 1 N–H and O–H groups in total. The minimum Gasteiger partial charge on any atom is -0.364 e. The molecule has 4 heterocycles. The molecule has 0 aliphatic heterocycles. The monoisotopic (exact) mass is 821 g/mol. The Labute approximate surface area is 363 Å². The van der Waals surface area contributed by atoms with Crippen molar-refractivity contribution in [2.45, 2.75) is 205 Å². The molecule has 56 heavy (non-hydrogen) atoms. The topological polar surface area (TPSA) is 15.8 Å². The zero-order valence-electron chi connectivity index (χ0n) is 40.0. The summed E-state index contributed by atoms with van der Waals surface area (Å²) in [6, 6.07) is 11.4. The molecule has 5 rings (SSSR count). The summed E-state index contributed by atoms with van der Waals surface area (Å²) in [5.74, 6) is 9.25. The normalized spacial score (nSPS) is 15.3. The predicted molar refractivity (Wildman–Crippen MR) is 263 cm³/mol. The van der Waals surface area contributed by atoms with E-state index in [1.165, 1.54) is 61.2 Å². The molecule has 1 nitrogen and oxygen atoms in total. The summed E-state index contributed by atoms with van der Waals surface area (Å²) < 4.78 is 0. The van der Waals surface area contributed by atoms with Gasteiger partial charge in [-0.05, 0) is 148 Å². The van der Waals surface area contributed by atoms with Crippen LogP contribution in [0, 0.1) is 23.7 Å². The van der Waals surface area contributed by atoms with E-state index in [1.807, 2.05) is 34.0 Å². The molecular weight excluding hydrogens is 734 g/mol. The van der Waals surface area contributed by atoms with E-state index in [9.17, 15) is 0 Å². The van der Waals surface area contributed by atoms with Crippen LogP contribution in [0.25, 0.3) is 0 Å². The van der Waals surface area contributed by atoms with Gasteiger partial charge in [0, 0.05) is 39.8 Å². The molecule has 3 radical (unpaired) electrons. The fraction of sp³-hybridized carbons (Fsp3) is 0.686. The van der Waals surface area contributed by atoms with Crippen LogP contribution >= 0.6 is 34.0 Å². The number of rotatable bonds is 10. The first-order chi connectivity index (χ1) is 25.5. The quantitative estimate of drug-likeness (QED) is 0.153. The van der Waals surface area contributed by atoms with Gasteiger partial charge in [-0.1, -0.05) is 138 Å².